The summed E-state index contributed by atoms with van der Waals surface area (Å²) in [6.07, 6.45) is 2.55. The van der Waals surface area contributed by atoms with Gasteiger partial charge in [-0.3, -0.25) is 0 Å². The molecule has 0 amide bonds. The zero-order valence-corrected chi connectivity index (χ0v) is 14.6. The third-order valence-corrected chi connectivity index (χ3v) is 4.12. The Balaban J connectivity index is 2.32. The number of aryl methyl sites for hydroxylation is 1. The molecule has 0 heterocycles. The maximum Gasteiger partial charge on any atom is 0.0910 e. The number of rotatable bonds is 5. The molecule has 0 atom stereocenters. The van der Waals surface area contributed by atoms with Gasteiger partial charge in [0.15, 0.2) is 0 Å². The van der Waals surface area contributed by atoms with Gasteiger partial charge in [0.25, 0.3) is 0 Å². The average molecular weight is 335 g/mol. The van der Waals surface area contributed by atoms with Crippen LogP contribution in [0.1, 0.15) is 23.6 Å². The Morgan fingerprint density at radius 2 is 1.95 bits per heavy atom. The van der Waals surface area contributed by atoms with Crippen molar-refractivity contribution in [2.45, 2.75) is 20.3 Å². The van der Waals surface area contributed by atoms with Crippen LogP contribution < -0.4 is 0 Å². The van der Waals surface area contributed by atoms with E-state index in [1.165, 1.54) is 0 Å². The Hall–Kier alpha value is -1.51. The minimum atomic E-state index is 0.700. The zero-order valence-electron chi connectivity index (χ0n) is 13.1. The third kappa shape index (κ3) is 4.49. The third-order valence-electron chi connectivity index (χ3n) is 3.45. The Kier molecular flexibility index (Phi) is 5.87. The minimum absolute atomic E-state index is 0.700. The van der Waals surface area contributed by atoms with Crippen LogP contribution in [-0.2, 0) is 6.42 Å². The van der Waals surface area contributed by atoms with Crippen LogP contribution in [0.4, 0.5) is 5.69 Å². The molecule has 4 heteroatoms. The van der Waals surface area contributed by atoms with Crippen LogP contribution in [-0.4, -0.2) is 24.8 Å². The van der Waals surface area contributed by atoms with Crippen molar-refractivity contribution < 1.29 is 0 Å². The van der Waals surface area contributed by atoms with E-state index >= 15 is 0 Å². The van der Waals surface area contributed by atoms with Crippen LogP contribution >= 0.6 is 23.2 Å². The van der Waals surface area contributed by atoms with E-state index in [0.29, 0.717) is 5.02 Å². The lowest BCUT2D eigenvalue weighted by Crippen LogP contribution is -2.14. The molecule has 0 bridgehead atoms. The smallest absolute Gasteiger partial charge is 0.0910 e. The van der Waals surface area contributed by atoms with Gasteiger partial charge in [0.05, 0.1) is 17.0 Å². The summed E-state index contributed by atoms with van der Waals surface area (Å²) in [5.74, 6) is 0. The van der Waals surface area contributed by atoms with E-state index in [4.69, 9.17) is 23.2 Å². The predicted octanol–water partition coefficient (Wildman–Crippen LogP) is 5.50. The quantitative estimate of drug-likeness (QED) is 0.520. The summed E-state index contributed by atoms with van der Waals surface area (Å²) in [6, 6.07) is 12.0. The number of hydrogen-bond acceptors (Lipinski definition) is 1. The van der Waals surface area contributed by atoms with Gasteiger partial charge in [-0.2, -0.15) is 0 Å². The van der Waals surface area contributed by atoms with Crippen molar-refractivity contribution in [2.24, 2.45) is 4.99 Å². The van der Waals surface area contributed by atoms with Crippen LogP contribution in [0.15, 0.2) is 41.4 Å². The Morgan fingerprint density at radius 1 is 1.18 bits per heavy atom. The summed E-state index contributed by atoms with van der Waals surface area (Å²) in [7, 11) is 1.99. The molecule has 0 aliphatic rings. The second kappa shape index (κ2) is 7.66. The summed E-state index contributed by atoms with van der Waals surface area (Å²) in [4.78, 5) is 6.51. The number of halogens is 2. The highest BCUT2D eigenvalue weighted by atomic mass is 35.5. The second-order valence-corrected chi connectivity index (χ2v) is 6.20. The van der Waals surface area contributed by atoms with Gasteiger partial charge in [-0.25, -0.2) is 4.99 Å². The zero-order chi connectivity index (χ0) is 16.1. The van der Waals surface area contributed by atoms with Gasteiger partial charge < -0.3 is 4.90 Å². The largest absolute Gasteiger partial charge is 0.366 e. The highest BCUT2D eigenvalue weighted by molar-refractivity contribution is 6.34. The van der Waals surface area contributed by atoms with E-state index in [1.54, 1.807) is 0 Å². The summed E-state index contributed by atoms with van der Waals surface area (Å²) in [5, 5.41) is 1.44. The molecule has 0 spiro atoms. The monoisotopic (exact) mass is 334 g/mol. The van der Waals surface area contributed by atoms with Gasteiger partial charge >= 0.3 is 0 Å². The van der Waals surface area contributed by atoms with Gasteiger partial charge in [-0.05, 0) is 55.2 Å². The molecule has 116 valence electrons. The van der Waals surface area contributed by atoms with Crippen LogP contribution in [0.3, 0.4) is 0 Å². The minimum Gasteiger partial charge on any atom is -0.366 e. The molecule has 0 saturated carbocycles. The second-order valence-electron chi connectivity index (χ2n) is 5.38. The first kappa shape index (κ1) is 16.9. The molecule has 2 aromatic rings. The number of benzene rings is 2. The van der Waals surface area contributed by atoms with E-state index in [9.17, 15) is 0 Å². The average Bonchev–Trinajstić information content (AvgIpc) is 2.48. The van der Waals surface area contributed by atoms with Gasteiger partial charge in [-0.1, -0.05) is 41.4 Å². The van der Waals surface area contributed by atoms with Gasteiger partial charge in [-0.15, -0.1) is 0 Å². The first-order valence-electron chi connectivity index (χ1n) is 7.27. The van der Waals surface area contributed by atoms with Crippen molar-refractivity contribution in [1.82, 2.24) is 4.90 Å². The highest BCUT2D eigenvalue weighted by Gasteiger charge is 2.08. The van der Waals surface area contributed by atoms with Crippen molar-refractivity contribution in [3.05, 3.63) is 63.1 Å². The maximum absolute atomic E-state index is 6.53. The SMILES string of the molecule is CCN(C)/C=N\c1cc(C)cc(Cc2cccc(Cl)c2)c1Cl. The molecule has 2 rings (SSSR count). The molecule has 22 heavy (non-hydrogen) atoms. The van der Waals surface area contributed by atoms with Crippen molar-refractivity contribution in [3.8, 4) is 0 Å². The predicted molar refractivity (Wildman–Crippen MR) is 96.9 cm³/mol. The van der Waals surface area contributed by atoms with Gasteiger partial charge in [0.1, 0.15) is 0 Å². The summed E-state index contributed by atoms with van der Waals surface area (Å²) in [6.45, 7) is 5.04. The molecule has 0 aromatic heterocycles. The molecule has 0 unspecified atom stereocenters. The Morgan fingerprint density at radius 3 is 2.64 bits per heavy atom. The molecular formula is C18H20Cl2N2. The van der Waals surface area contributed by atoms with E-state index < -0.39 is 0 Å². The van der Waals surface area contributed by atoms with Gasteiger partial charge in [0.2, 0.25) is 0 Å². The fourth-order valence-corrected chi connectivity index (χ4v) is 2.59. The van der Waals surface area contributed by atoms with Crippen LogP contribution in [0.5, 0.6) is 0 Å². The molecule has 0 fully saturated rings. The lowest BCUT2D eigenvalue weighted by atomic mass is 10.0. The lowest BCUT2D eigenvalue weighted by molar-refractivity contribution is 0.552. The molecule has 0 N–H and O–H groups in total. The normalized spacial score (nSPS) is 11.1. The van der Waals surface area contributed by atoms with Crippen molar-refractivity contribution >= 4 is 35.2 Å². The van der Waals surface area contributed by atoms with Crippen molar-refractivity contribution in [2.75, 3.05) is 13.6 Å². The molecular weight excluding hydrogens is 315 g/mol. The summed E-state index contributed by atoms with van der Waals surface area (Å²) >= 11 is 12.6. The van der Waals surface area contributed by atoms with E-state index in [-0.39, 0.29) is 0 Å². The fourth-order valence-electron chi connectivity index (χ4n) is 2.16. The standard InChI is InChI=1S/C18H20Cl2N2/c1-4-22(3)12-21-17-9-13(2)8-15(18(17)20)10-14-6-5-7-16(19)11-14/h5-9,11-12H,4,10H2,1-3H3/b21-12-. The molecule has 0 radical (unpaired) electrons. The van der Waals surface area contributed by atoms with Crippen molar-refractivity contribution in [1.29, 1.82) is 0 Å². The van der Waals surface area contributed by atoms with Crippen LogP contribution in [0, 0.1) is 6.92 Å². The van der Waals surface area contributed by atoms with Gasteiger partial charge in [0, 0.05) is 18.6 Å². The summed E-state index contributed by atoms with van der Waals surface area (Å²) in [5.41, 5.74) is 4.16. The molecule has 0 saturated heterocycles. The van der Waals surface area contributed by atoms with Crippen LogP contribution in [0.2, 0.25) is 10.0 Å². The molecule has 2 nitrogen and oxygen atoms in total. The first-order valence-corrected chi connectivity index (χ1v) is 8.03. The molecule has 2 aromatic carbocycles. The topological polar surface area (TPSA) is 15.6 Å². The fraction of sp³-hybridized carbons (Fsp3) is 0.278. The Labute approximate surface area is 142 Å². The van der Waals surface area contributed by atoms with E-state index in [1.807, 2.05) is 42.6 Å². The lowest BCUT2D eigenvalue weighted by Gasteiger charge is -2.11. The number of aliphatic imine (C=N–C) groups is 1. The number of nitrogens with zero attached hydrogens (tertiary/aromatic N) is 2. The summed E-state index contributed by atoms with van der Waals surface area (Å²) < 4.78 is 0. The molecule has 0 aliphatic carbocycles. The first-order chi connectivity index (χ1) is 10.5. The molecule has 0 aliphatic heterocycles. The van der Waals surface area contributed by atoms with Crippen molar-refractivity contribution in [3.63, 3.8) is 0 Å². The van der Waals surface area contributed by atoms with E-state index in [2.05, 4.69) is 31.0 Å². The maximum atomic E-state index is 6.53. The van der Waals surface area contributed by atoms with E-state index in [0.717, 1.165) is 40.4 Å². The highest BCUT2D eigenvalue weighted by Crippen LogP contribution is 2.32. The Bertz CT molecular complexity index is 681. The number of hydrogen-bond donors (Lipinski definition) is 0. The van der Waals surface area contributed by atoms with Crippen LogP contribution in [0.25, 0.3) is 0 Å².